The lowest BCUT2D eigenvalue weighted by Gasteiger charge is -2.52. The van der Waals surface area contributed by atoms with E-state index in [1.807, 2.05) is 6.92 Å². The Morgan fingerprint density at radius 2 is 1.78 bits per heavy atom. The second-order valence-corrected chi connectivity index (χ2v) is 5.57. The van der Waals surface area contributed by atoms with Crippen molar-refractivity contribution in [3.05, 3.63) is 35.4 Å². The van der Waals surface area contributed by atoms with E-state index in [1.165, 1.54) is 4.90 Å². The molecule has 2 unspecified atom stereocenters. The second-order valence-electron chi connectivity index (χ2n) is 5.57. The number of esters is 2. The minimum Gasteiger partial charge on any atom is -0.399 e. The number of hydrogen-bond donors (Lipinski definition) is 0. The highest BCUT2D eigenvalue weighted by atomic mass is 19.1. The van der Waals surface area contributed by atoms with Crippen LogP contribution in [0.3, 0.4) is 0 Å². The molecule has 23 heavy (non-hydrogen) atoms. The van der Waals surface area contributed by atoms with Crippen LogP contribution in [-0.2, 0) is 19.1 Å². The Morgan fingerprint density at radius 1 is 1.22 bits per heavy atom. The van der Waals surface area contributed by atoms with Crippen molar-refractivity contribution in [2.75, 3.05) is 13.1 Å². The number of carbonyl (C=O) groups excluding carboxylic acids is 2. The molecular weight excluding hydrogens is 315 g/mol. The van der Waals surface area contributed by atoms with Crippen LogP contribution in [0.25, 0.3) is 0 Å². The summed E-state index contributed by atoms with van der Waals surface area (Å²) >= 11 is 0. The van der Waals surface area contributed by atoms with Gasteiger partial charge in [-0.25, -0.2) is 27.7 Å². The molecule has 2 aliphatic rings. The van der Waals surface area contributed by atoms with Gasteiger partial charge in [-0.05, 0) is 24.1 Å². The zero-order valence-corrected chi connectivity index (χ0v) is 12.2. The van der Waals surface area contributed by atoms with Crippen molar-refractivity contribution in [1.82, 2.24) is 4.90 Å². The third-order valence-electron chi connectivity index (χ3n) is 4.02. The van der Waals surface area contributed by atoms with E-state index in [0.717, 1.165) is 12.1 Å². The molecule has 0 N–H and O–H groups in total. The van der Waals surface area contributed by atoms with E-state index in [2.05, 4.69) is 0 Å². The Morgan fingerprint density at radius 3 is 2.30 bits per heavy atom. The predicted octanol–water partition coefficient (Wildman–Crippen LogP) is 2.07. The molecule has 1 aromatic rings. The zero-order valence-electron chi connectivity index (χ0n) is 12.2. The highest BCUT2D eigenvalue weighted by molar-refractivity contribution is 6.31. The van der Waals surface area contributed by atoms with Gasteiger partial charge in [-0.15, -0.1) is 0 Å². The standard InChI is InChI=1S/C15H14F3NO4/c1-2-3-19-7-11(15(19)22-13(20)14(21)23-15)12(18)8-4-9(16)6-10(17)5-8/h4-6,11-12H,2-3,7H2,1H3. The SMILES string of the molecule is CCCN1CC(C(F)c2cc(F)cc(F)c2)C12OC(=O)C(=O)O2. The molecule has 0 radical (unpaired) electrons. The van der Waals surface area contributed by atoms with Crippen molar-refractivity contribution in [2.24, 2.45) is 5.92 Å². The summed E-state index contributed by atoms with van der Waals surface area (Å²) in [6, 6.07) is 2.36. The molecule has 3 rings (SSSR count). The normalized spacial score (nSPS) is 24.3. The van der Waals surface area contributed by atoms with E-state index in [4.69, 9.17) is 9.47 Å². The molecule has 1 aromatic carbocycles. The number of nitrogens with zero attached hydrogens (tertiary/aromatic N) is 1. The number of benzene rings is 1. The van der Waals surface area contributed by atoms with Gasteiger partial charge in [0.25, 0.3) is 0 Å². The van der Waals surface area contributed by atoms with Crippen LogP contribution in [0.1, 0.15) is 25.1 Å². The zero-order chi connectivity index (χ0) is 16.8. The molecule has 5 nitrogen and oxygen atoms in total. The molecule has 124 valence electrons. The first-order valence-electron chi connectivity index (χ1n) is 7.19. The summed E-state index contributed by atoms with van der Waals surface area (Å²) in [5, 5.41) is 0. The lowest BCUT2D eigenvalue weighted by Crippen LogP contribution is -2.69. The van der Waals surface area contributed by atoms with Gasteiger partial charge < -0.3 is 9.47 Å². The maximum atomic E-state index is 14.8. The third-order valence-corrected chi connectivity index (χ3v) is 4.02. The van der Waals surface area contributed by atoms with E-state index in [9.17, 15) is 22.8 Å². The van der Waals surface area contributed by atoms with E-state index < -0.39 is 41.6 Å². The number of likely N-dealkylation sites (tertiary alicyclic amines) is 1. The van der Waals surface area contributed by atoms with Crippen LogP contribution in [0.15, 0.2) is 18.2 Å². The van der Waals surface area contributed by atoms with Gasteiger partial charge in [0.2, 0.25) is 0 Å². The van der Waals surface area contributed by atoms with Gasteiger partial charge in [0.05, 0.1) is 0 Å². The fourth-order valence-electron chi connectivity index (χ4n) is 3.01. The van der Waals surface area contributed by atoms with Crippen molar-refractivity contribution in [1.29, 1.82) is 0 Å². The monoisotopic (exact) mass is 329 g/mol. The molecule has 0 aromatic heterocycles. The van der Waals surface area contributed by atoms with E-state index in [0.29, 0.717) is 19.0 Å². The van der Waals surface area contributed by atoms with Crippen molar-refractivity contribution >= 4 is 11.9 Å². The van der Waals surface area contributed by atoms with E-state index in [1.54, 1.807) is 0 Å². The molecule has 0 bridgehead atoms. The second kappa shape index (κ2) is 5.52. The average Bonchev–Trinajstić information content (AvgIpc) is 2.80. The van der Waals surface area contributed by atoms with Gasteiger partial charge in [0.15, 0.2) is 0 Å². The fraction of sp³-hybridized carbons (Fsp3) is 0.467. The third kappa shape index (κ3) is 2.46. The molecule has 2 atom stereocenters. The average molecular weight is 329 g/mol. The minimum atomic E-state index is -1.85. The van der Waals surface area contributed by atoms with Crippen molar-refractivity contribution < 1.29 is 32.2 Å². The number of hydrogen-bond acceptors (Lipinski definition) is 5. The van der Waals surface area contributed by atoms with Gasteiger partial charge in [-0.2, -0.15) is 0 Å². The fourth-order valence-corrected chi connectivity index (χ4v) is 3.01. The molecule has 2 aliphatic heterocycles. The number of ether oxygens (including phenoxy) is 2. The first-order valence-corrected chi connectivity index (χ1v) is 7.19. The molecular formula is C15H14F3NO4. The quantitative estimate of drug-likeness (QED) is 0.625. The van der Waals surface area contributed by atoms with Crippen LogP contribution in [0.4, 0.5) is 13.2 Å². The molecule has 2 fully saturated rings. The number of halogens is 3. The van der Waals surface area contributed by atoms with E-state index in [-0.39, 0.29) is 12.1 Å². The summed E-state index contributed by atoms with van der Waals surface area (Å²) in [5.74, 6) is -7.11. The Bertz CT molecular complexity index is 630. The van der Waals surface area contributed by atoms with Crippen LogP contribution in [0.2, 0.25) is 0 Å². The minimum absolute atomic E-state index is 0.133. The van der Waals surface area contributed by atoms with Gasteiger partial charge in [0.1, 0.15) is 23.7 Å². The Hall–Kier alpha value is -2.09. The molecule has 2 saturated heterocycles. The van der Waals surface area contributed by atoms with Crippen LogP contribution in [0, 0.1) is 17.6 Å². The van der Waals surface area contributed by atoms with Gasteiger partial charge in [-0.3, -0.25) is 0 Å². The summed E-state index contributed by atoms with van der Waals surface area (Å²) in [7, 11) is 0. The van der Waals surface area contributed by atoms with Crippen LogP contribution in [0.5, 0.6) is 0 Å². The smallest absolute Gasteiger partial charge is 0.399 e. The van der Waals surface area contributed by atoms with Crippen molar-refractivity contribution in [3.8, 4) is 0 Å². The molecule has 0 aliphatic carbocycles. The summed E-state index contributed by atoms with van der Waals surface area (Å²) in [4.78, 5) is 24.3. The highest BCUT2D eigenvalue weighted by Crippen LogP contribution is 2.49. The summed E-state index contributed by atoms with van der Waals surface area (Å²) in [6.07, 6.45) is -1.19. The largest absolute Gasteiger partial charge is 0.421 e. The van der Waals surface area contributed by atoms with Crippen molar-refractivity contribution in [2.45, 2.75) is 25.4 Å². The lowest BCUT2D eigenvalue weighted by molar-refractivity contribution is -0.347. The first kappa shape index (κ1) is 15.8. The molecule has 2 heterocycles. The molecule has 0 saturated carbocycles. The topological polar surface area (TPSA) is 55.8 Å². The molecule has 0 amide bonds. The maximum absolute atomic E-state index is 14.8. The Labute approximate surface area is 130 Å². The Kier molecular flexibility index (Phi) is 3.79. The van der Waals surface area contributed by atoms with Gasteiger partial charge in [-0.1, -0.05) is 6.92 Å². The summed E-state index contributed by atoms with van der Waals surface area (Å²) in [5.41, 5.74) is -0.234. The molecule has 8 heteroatoms. The molecule has 1 spiro atoms. The van der Waals surface area contributed by atoms with Gasteiger partial charge in [0, 0.05) is 19.2 Å². The summed E-state index contributed by atoms with van der Waals surface area (Å²) < 4.78 is 51.2. The Balaban J connectivity index is 1.89. The highest BCUT2D eigenvalue weighted by Gasteiger charge is 2.67. The van der Waals surface area contributed by atoms with Crippen LogP contribution in [-0.4, -0.2) is 35.8 Å². The number of alkyl halides is 1. The van der Waals surface area contributed by atoms with E-state index >= 15 is 0 Å². The number of carbonyl (C=O) groups is 2. The van der Waals surface area contributed by atoms with Crippen LogP contribution < -0.4 is 0 Å². The van der Waals surface area contributed by atoms with Gasteiger partial charge >= 0.3 is 17.8 Å². The van der Waals surface area contributed by atoms with Crippen LogP contribution >= 0.6 is 0 Å². The maximum Gasteiger partial charge on any atom is 0.421 e. The lowest BCUT2D eigenvalue weighted by atomic mass is 9.85. The number of rotatable bonds is 4. The summed E-state index contributed by atoms with van der Waals surface area (Å²) in [6.45, 7) is 2.41. The van der Waals surface area contributed by atoms with Crippen molar-refractivity contribution in [3.63, 3.8) is 0 Å². The first-order chi connectivity index (χ1) is 10.9. The predicted molar refractivity (Wildman–Crippen MR) is 70.5 cm³/mol.